The van der Waals surface area contributed by atoms with E-state index in [0.717, 1.165) is 12.8 Å². The number of nitrogens with zero attached hydrogens (tertiary/aromatic N) is 1. The molecule has 0 saturated heterocycles. The van der Waals surface area contributed by atoms with Crippen molar-refractivity contribution in [3.05, 3.63) is 0 Å². The zero-order chi connectivity index (χ0) is 9.61. The van der Waals surface area contributed by atoms with Crippen LogP contribution in [-0.2, 0) is 0 Å². The first-order valence-electron chi connectivity index (χ1n) is 4.29. The summed E-state index contributed by atoms with van der Waals surface area (Å²) >= 11 is 0. The summed E-state index contributed by atoms with van der Waals surface area (Å²) in [5, 5.41) is 14.4. The lowest BCUT2D eigenvalue weighted by Crippen LogP contribution is -2.45. The quantitative estimate of drug-likeness (QED) is 0.250. The number of rotatable bonds is 5. The van der Waals surface area contributed by atoms with E-state index >= 15 is 0 Å². The van der Waals surface area contributed by atoms with Gasteiger partial charge in [-0.15, -0.1) is 0 Å². The lowest BCUT2D eigenvalue weighted by atomic mass is 9.96. The Morgan fingerprint density at radius 1 is 1.50 bits per heavy atom. The van der Waals surface area contributed by atoms with Gasteiger partial charge in [-0.05, 0) is 19.8 Å². The van der Waals surface area contributed by atoms with Crippen LogP contribution in [0.4, 0.5) is 0 Å². The molecule has 0 atom stereocenters. The molecular weight excluding hydrogens is 154 g/mol. The van der Waals surface area contributed by atoms with E-state index < -0.39 is 0 Å². The van der Waals surface area contributed by atoms with Crippen molar-refractivity contribution in [2.24, 2.45) is 10.9 Å². The number of nitrogens with one attached hydrogen (secondary N) is 1. The summed E-state index contributed by atoms with van der Waals surface area (Å²) in [4.78, 5) is 0. The number of hydrogen-bond donors (Lipinski definition) is 3. The lowest BCUT2D eigenvalue weighted by molar-refractivity contribution is 0.312. The van der Waals surface area contributed by atoms with Gasteiger partial charge >= 0.3 is 0 Å². The molecule has 0 aliphatic rings. The van der Waals surface area contributed by atoms with Crippen LogP contribution in [0.15, 0.2) is 5.16 Å². The molecule has 0 aliphatic heterocycles. The maximum atomic E-state index is 8.30. The topological polar surface area (TPSA) is 70.6 Å². The predicted molar refractivity (Wildman–Crippen MR) is 50.4 cm³/mol. The minimum absolute atomic E-state index is 0.0926. The van der Waals surface area contributed by atoms with Gasteiger partial charge in [0.1, 0.15) is 0 Å². The summed E-state index contributed by atoms with van der Waals surface area (Å²) in [6.45, 7) is 6.79. The molecule has 0 aromatic rings. The van der Waals surface area contributed by atoms with Gasteiger partial charge in [-0.1, -0.05) is 19.0 Å². The van der Waals surface area contributed by atoms with Crippen LogP contribution in [0.1, 0.15) is 33.6 Å². The zero-order valence-corrected chi connectivity index (χ0v) is 8.09. The molecule has 0 fully saturated rings. The third kappa shape index (κ3) is 3.57. The molecule has 0 rings (SSSR count). The van der Waals surface area contributed by atoms with Gasteiger partial charge in [0.05, 0.1) is 6.54 Å². The van der Waals surface area contributed by atoms with Crippen LogP contribution in [0.2, 0.25) is 0 Å². The molecule has 4 nitrogen and oxygen atoms in total. The van der Waals surface area contributed by atoms with E-state index in [1.807, 2.05) is 0 Å². The van der Waals surface area contributed by atoms with Gasteiger partial charge in [-0.3, -0.25) is 0 Å². The summed E-state index contributed by atoms with van der Waals surface area (Å²) in [5.41, 5.74) is 5.42. The molecule has 0 spiro atoms. The van der Waals surface area contributed by atoms with Crippen molar-refractivity contribution in [2.45, 2.75) is 39.2 Å². The highest BCUT2D eigenvalue weighted by molar-refractivity contribution is 5.81. The summed E-state index contributed by atoms with van der Waals surface area (Å²) in [7, 11) is 0. The Bertz CT molecular complexity index is 152. The standard InChI is InChI=1S/C8H19N3O/c1-4-8(3,5-2)10-6-7(9)11-12/h10,12H,4-6H2,1-3H3,(H2,9,11). The van der Waals surface area contributed by atoms with Gasteiger partial charge in [0.25, 0.3) is 0 Å². The Morgan fingerprint density at radius 2 is 2.00 bits per heavy atom. The van der Waals surface area contributed by atoms with E-state index in [4.69, 9.17) is 10.9 Å². The summed E-state index contributed by atoms with van der Waals surface area (Å²) in [6, 6.07) is 0. The molecule has 0 aromatic heterocycles. The van der Waals surface area contributed by atoms with E-state index in [-0.39, 0.29) is 11.4 Å². The van der Waals surface area contributed by atoms with Crippen LogP contribution in [0.3, 0.4) is 0 Å². The Kier molecular flexibility index (Phi) is 4.66. The highest BCUT2D eigenvalue weighted by Gasteiger charge is 2.18. The summed E-state index contributed by atoms with van der Waals surface area (Å²) in [6.07, 6.45) is 2.06. The third-order valence-electron chi connectivity index (χ3n) is 2.39. The molecule has 0 aromatic carbocycles. The SMILES string of the molecule is CCC(C)(CC)NCC(N)=NO. The number of oxime groups is 1. The second-order valence-corrected chi connectivity index (χ2v) is 3.21. The maximum Gasteiger partial charge on any atom is 0.153 e. The molecule has 0 bridgehead atoms. The van der Waals surface area contributed by atoms with E-state index in [1.165, 1.54) is 0 Å². The molecule has 0 saturated carbocycles. The summed E-state index contributed by atoms with van der Waals surface area (Å²) in [5.74, 6) is 0.225. The van der Waals surface area contributed by atoms with Crippen LogP contribution >= 0.6 is 0 Å². The van der Waals surface area contributed by atoms with Gasteiger partial charge in [-0.2, -0.15) is 0 Å². The van der Waals surface area contributed by atoms with Crippen LogP contribution in [0.25, 0.3) is 0 Å². The van der Waals surface area contributed by atoms with Gasteiger partial charge in [-0.25, -0.2) is 0 Å². The van der Waals surface area contributed by atoms with Crippen molar-refractivity contribution in [2.75, 3.05) is 6.54 Å². The number of hydrogen-bond acceptors (Lipinski definition) is 3. The van der Waals surface area contributed by atoms with Gasteiger partial charge in [0.2, 0.25) is 0 Å². The second-order valence-electron chi connectivity index (χ2n) is 3.21. The molecule has 4 heteroatoms. The van der Waals surface area contributed by atoms with E-state index in [2.05, 4.69) is 31.2 Å². The molecule has 72 valence electrons. The highest BCUT2D eigenvalue weighted by Crippen LogP contribution is 2.12. The van der Waals surface area contributed by atoms with E-state index in [1.54, 1.807) is 0 Å². The van der Waals surface area contributed by atoms with Crippen LogP contribution in [0.5, 0.6) is 0 Å². The first kappa shape index (κ1) is 11.2. The molecule has 12 heavy (non-hydrogen) atoms. The Hall–Kier alpha value is -0.770. The minimum Gasteiger partial charge on any atom is -0.409 e. The van der Waals surface area contributed by atoms with E-state index in [9.17, 15) is 0 Å². The van der Waals surface area contributed by atoms with Gasteiger partial charge < -0.3 is 16.3 Å². The molecule has 4 N–H and O–H groups in total. The number of amidine groups is 1. The fraction of sp³-hybridized carbons (Fsp3) is 0.875. The minimum atomic E-state index is 0.0926. The van der Waals surface area contributed by atoms with Crippen molar-refractivity contribution in [3.8, 4) is 0 Å². The van der Waals surface area contributed by atoms with Crippen molar-refractivity contribution in [1.82, 2.24) is 5.32 Å². The van der Waals surface area contributed by atoms with E-state index in [0.29, 0.717) is 6.54 Å². The van der Waals surface area contributed by atoms with Crippen molar-refractivity contribution < 1.29 is 5.21 Å². The molecule has 0 unspecified atom stereocenters. The first-order valence-corrected chi connectivity index (χ1v) is 4.29. The van der Waals surface area contributed by atoms with Crippen LogP contribution in [0, 0.1) is 0 Å². The Morgan fingerprint density at radius 3 is 2.33 bits per heavy atom. The average Bonchev–Trinajstić information content (AvgIpc) is 2.13. The monoisotopic (exact) mass is 173 g/mol. The normalized spacial score (nSPS) is 13.4. The Balaban J connectivity index is 3.89. The van der Waals surface area contributed by atoms with Crippen molar-refractivity contribution in [3.63, 3.8) is 0 Å². The summed E-state index contributed by atoms with van der Waals surface area (Å²) < 4.78 is 0. The smallest absolute Gasteiger partial charge is 0.153 e. The van der Waals surface area contributed by atoms with Gasteiger partial charge in [0, 0.05) is 5.54 Å². The Labute approximate surface area is 73.8 Å². The van der Waals surface area contributed by atoms with Crippen molar-refractivity contribution in [1.29, 1.82) is 0 Å². The predicted octanol–water partition coefficient (Wildman–Crippen LogP) is 0.901. The third-order valence-corrected chi connectivity index (χ3v) is 2.39. The molecular formula is C8H19N3O. The average molecular weight is 173 g/mol. The molecule has 0 amide bonds. The fourth-order valence-electron chi connectivity index (χ4n) is 0.839. The molecule has 0 aliphatic carbocycles. The first-order chi connectivity index (χ1) is 5.58. The molecule has 0 radical (unpaired) electrons. The highest BCUT2D eigenvalue weighted by atomic mass is 16.4. The largest absolute Gasteiger partial charge is 0.409 e. The zero-order valence-electron chi connectivity index (χ0n) is 8.09. The van der Waals surface area contributed by atoms with Crippen LogP contribution < -0.4 is 11.1 Å². The maximum absolute atomic E-state index is 8.30. The second kappa shape index (κ2) is 4.98. The van der Waals surface area contributed by atoms with Gasteiger partial charge in [0.15, 0.2) is 5.84 Å². The number of nitrogens with two attached hydrogens (primary N) is 1. The lowest BCUT2D eigenvalue weighted by Gasteiger charge is -2.27. The fourth-order valence-corrected chi connectivity index (χ4v) is 0.839. The van der Waals surface area contributed by atoms with Crippen molar-refractivity contribution >= 4 is 5.84 Å². The molecule has 0 heterocycles. The van der Waals surface area contributed by atoms with Crippen LogP contribution in [-0.4, -0.2) is 23.1 Å².